The minimum atomic E-state index is -3.94. The molecule has 0 radical (unpaired) electrons. The van der Waals surface area contributed by atoms with Gasteiger partial charge >= 0.3 is 5.97 Å². The number of ether oxygens (including phenoxy) is 1. The fourth-order valence-electron chi connectivity index (χ4n) is 3.23. The van der Waals surface area contributed by atoms with E-state index in [2.05, 4.69) is 0 Å². The Kier molecular flexibility index (Phi) is 5.44. The highest BCUT2D eigenvalue weighted by molar-refractivity contribution is 7.89. The van der Waals surface area contributed by atoms with E-state index in [4.69, 9.17) is 14.3 Å². The number of carbonyl (C=O) groups excluding carboxylic acids is 1. The Morgan fingerprint density at radius 2 is 1.93 bits per heavy atom. The van der Waals surface area contributed by atoms with E-state index in [0.29, 0.717) is 12.2 Å². The van der Waals surface area contributed by atoms with Crippen LogP contribution in [0.1, 0.15) is 28.6 Å². The lowest BCUT2D eigenvalue weighted by Crippen LogP contribution is -2.21. The summed E-state index contributed by atoms with van der Waals surface area (Å²) in [6.07, 6.45) is 0.728. The smallest absolute Gasteiger partial charge is 0.340 e. The maximum Gasteiger partial charge on any atom is 0.340 e. The molecule has 0 saturated carbocycles. The van der Waals surface area contributed by atoms with E-state index in [9.17, 15) is 13.2 Å². The van der Waals surface area contributed by atoms with E-state index in [0.717, 1.165) is 28.7 Å². The fraction of sp³-hybridized carbons (Fsp3) is 0.250. The molecule has 1 aromatic heterocycles. The number of sulfonamides is 1. The molecule has 0 aliphatic rings. The van der Waals surface area contributed by atoms with Crippen LogP contribution in [0.3, 0.4) is 0 Å². The molecule has 2 aromatic carbocycles. The fourth-order valence-corrected chi connectivity index (χ4v) is 3.77. The van der Waals surface area contributed by atoms with Gasteiger partial charge in [-0.1, -0.05) is 25.1 Å². The average Bonchev–Trinajstić information content (AvgIpc) is 3.03. The van der Waals surface area contributed by atoms with Crippen molar-refractivity contribution >= 4 is 32.6 Å². The Morgan fingerprint density at radius 3 is 2.57 bits per heavy atom. The summed E-state index contributed by atoms with van der Waals surface area (Å²) in [4.78, 5) is 14.0. The Hall–Kier alpha value is -2.84. The first-order valence-electron chi connectivity index (χ1n) is 8.71. The van der Waals surface area contributed by atoms with Crippen LogP contribution in [0.5, 0.6) is 0 Å². The van der Waals surface area contributed by atoms with Crippen LogP contribution in [0.25, 0.3) is 11.0 Å². The summed E-state index contributed by atoms with van der Waals surface area (Å²) in [5.41, 5.74) is 2.49. The SMILES string of the molecule is CCc1oc2ccccc2c1CN(C)c1ccc(S(N)(=O)=O)cc1C(=O)OC. The lowest BCUT2D eigenvalue weighted by atomic mass is 10.1. The number of hydrogen-bond donors (Lipinski definition) is 1. The van der Waals surface area contributed by atoms with Crippen LogP contribution in [0, 0.1) is 0 Å². The second-order valence-electron chi connectivity index (χ2n) is 6.43. The highest BCUT2D eigenvalue weighted by atomic mass is 32.2. The molecular weight excluding hydrogens is 380 g/mol. The summed E-state index contributed by atoms with van der Waals surface area (Å²) in [6, 6.07) is 11.9. The zero-order chi connectivity index (χ0) is 20.5. The molecule has 0 bridgehead atoms. The Balaban J connectivity index is 2.06. The third-order valence-electron chi connectivity index (χ3n) is 4.61. The molecule has 0 unspecified atom stereocenters. The van der Waals surface area contributed by atoms with Gasteiger partial charge in [0.15, 0.2) is 0 Å². The lowest BCUT2D eigenvalue weighted by Gasteiger charge is -2.22. The number of nitrogens with zero attached hydrogens (tertiary/aromatic N) is 1. The van der Waals surface area contributed by atoms with Crippen molar-refractivity contribution in [3.05, 3.63) is 59.4 Å². The van der Waals surface area contributed by atoms with E-state index in [-0.39, 0.29) is 10.5 Å². The predicted octanol–water partition coefficient (Wildman–Crippen LogP) is 3.07. The molecule has 0 atom stereocenters. The number of esters is 1. The summed E-state index contributed by atoms with van der Waals surface area (Å²) in [5, 5.41) is 6.20. The van der Waals surface area contributed by atoms with Crippen LogP contribution in [-0.2, 0) is 27.7 Å². The van der Waals surface area contributed by atoms with Crippen molar-refractivity contribution in [2.45, 2.75) is 24.8 Å². The molecule has 0 amide bonds. The van der Waals surface area contributed by atoms with Crippen molar-refractivity contribution in [3.63, 3.8) is 0 Å². The van der Waals surface area contributed by atoms with Crippen molar-refractivity contribution in [2.75, 3.05) is 19.1 Å². The molecule has 0 aliphatic heterocycles. The van der Waals surface area contributed by atoms with Gasteiger partial charge in [-0.2, -0.15) is 0 Å². The van der Waals surface area contributed by atoms with Gasteiger partial charge in [-0.05, 0) is 24.3 Å². The maximum absolute atomic E-state index is 12.3. The lowest BCUT2D eigenvalue weighted by molar-refractivity contribution is 0.0601. The molecule has 1 heterocycles. The Labute approximate surface area is 163 Å². The van der Waals surface area contributed by atoms with E-state index in [1.807, 2.05) is 43.1 Å². The molecule has 3 aromatic rings. The number of nitrogens with two attached hydrogens (primary N) is 1. The molecule has 7 nitrogen and oxygen atoms in total. The number of carbonyl (C=O) groups is 1. The average molecular weight is 402 g/mol. The maximum atomic E-state index is 12.3. The largest absolute Gasteiger partial charge is 0.465 e. The van der Waals surface area contributed by atoms with Crippen LogP contribution in [0.4, 0.5) is 5.69 Å². The first kappa shape index (κ1) is 19.9. The number of hydrogen-bond acceptors (Lipinski definition) is 6. The highest BCUT2D eigenvalue weighted by Gasteiger charge is 2.21. The summed E-state index contributed by atoms with van der Waals surface area (Å²) in [7, 11) is -0.877. The summed E-state index contributed by atoms with van der Waals surface area (Å²) < 4.78 is 34.1. The zero-order valence-corrected chi connectivity index (χ0v) is 16.7. The Morgan fingerprint density at radius 1 is 1.21 bits per heavy atom. The van der Waals surface area contributed by atoms with Gasteiger partial charge in [-0.25, -0.2) is 18.4 Å². The number of para-hydroxylation sites is 1. The molecular formula is C20H22N2O5S. The molecule has 148 valence electrons. The molecule has 0 spiro atoms. The molecule has 0 fully saturated rings. The number of fused-ring (bicyclic) bond motifs is 1. The minimum Gasteiger partial charge on any atom is -0.465 e. The van der Waals surface area contributed by atoms with E-state index < -0.39 is 16.0 Å². The summed E-state index contributed by atoms with van der Waals surface area (Å²) in [6.45, 7) is 2.49. The number of furan rings is 1. The molecule has 8 heteroatoms. The van der Waals surface area contributed by atoms with Gasteiger partial charge in [-0.3, -0.25) is 0 Å². The van der Waals surface area contributed by atoms with Gasteiger partial charge in [0, 0.05) is 31.0 Å². The molecule has 28 heavy (non-hydrogen) atoms. The van der Waals surface area contributed by atoms with Gasteiger partial charge in [0.2, 0.25) is 10.0 Å². The van der Waals surface area contributed by atoms with Gasteiger partial charge in [0.1, 0.15) is 11.3 Å². The van der Waals surface area contributed by atoms with Crippen molar-refractivity contribution in [2.24, 2.45) is 5.14 Å². The van der Waals surface area contributed by atoms with Crippen molar-refractivity contribution < 1.29 is 22.4 Å². The summed E-state index contributed by atoms with van der Waals surface area (Å²) in [5.74, 6) is 0.231. The standard InChI is InChI=1S/C20H22N2O5S/c1-4-18-16(14-7-5-6-8-19(14)27-18)12-22(2)17-10-9-13(28(21,24)25)11-15(17)20(23)26-3/h5-11H,4,12H2,1-3H3,(H2,21,24,25). The third kappa shape index (κ3) is 3.74. The highest BCUT2D eigenvalue weighted by Crippen LogP contribution is 2.30. The van der Waals surface area contributed by atoms with Crippen molar-refractivity contribution in [3.8, 4) is 0 Å². The van der Waals surface area contributed by atoms with Gasteiger partial charge in [0.25, 0.3) is 0 Å². The van der Waals surface area contributed by atoms with Gasteiger partial charge < -0.3 is 14.1 Å². The number of aryl methyl sites for hydroxylation is 1. The van der Waals surface area contributed by atoms with Gasteiger partial charge in [-0.15, -0.1) is 0 Å². The second kappa shape index (κ2) is 7.65. The van der Waals surface area contributed by atoms with Gasteiger partial charge in [0.05, 0.1) is 23.3 Å². The molecule has 3 rings (SSSR count). The number of benzene rings is 2. The first-order chi connectivity index (χ1) is 13.3. The minimum absolute atomic E-state index is 0.127. The Bertz CT molecular complexity index is 1130. The van der Waals surface area contributed by atoms with E-state index in [1.54, 1.807) is 6.07 Å². The van der Waals surface area contributed by atoms with Crippen LogP contribution in [-0.4, -0.2) is 28.5 Å². The normalized spacial score (nSPS) is 11.6. The molecule has 0 aliphatic carbocycles. The van der Waals surface area contributed by atoms with Crippen LogP contribution in [0.2, 0.25) is 0 Å². The second-order valence-corrected chi connectivity index (χ2v) is 7.99. The summed E-state index contributed by atoms with van der Waals surface area (Å²) >= 11 is 0. The zero-order valence-electron chi connectivity index (χ0n) is 15.9. The van der Waals surface area contributed by atoms with Crippen molar-refractivity contribution in [1.82, 2.24) is 0 Å². The quantitative estimate of drug-likeness (QED) is 0.636. The third-order valence-corrected chi connectivity index (χ3v) is 5.52. The van der Waals surface area contributed by atoms with Crippen LogP contribution in [0.15, 0.2) is 51.8 Å². The predicted molar refractivity (Wildman–Crippen MR) is 107 cm³/mol. The number of rotatable bonds is 6. The van der Waals surface area contributed by atoms with E-state index >= 15 is 0 Å². The van der Waals surface area contributed by atoms with Crippen LogP contribution < -0.4 is 10.0 Å². The van der Waals surface area contributed by atoms with Crippen molar-refractivity contribution in [1.29, 1.82) is 0 Å². The monoisotopic (exact) mass is 402 g/mol. The van der Waals surface area contributed by atoms with Crippen LogP contribution >= 0.6 is 0 Å². The number of anilines is 1. The van der Waals surface area contributed by atoms with E-state index in [1.165, 1.54) is 19.2 Å². The number of primary sulfonamides is 1. The molecule has 2 N–H and O–H groups in total. The topological polar surface area (TPSA) is 103 Å². The first-order valence-corrected chi connectivity index (χ1v) is 10.3. The molecule has 0 saturated heterocycles. The number of methoxy groups -OCH3 is 1.